The lowest BCUT2D eigenvalue weighted by molar-refractivity contribution is -0.129. The van der Waals surface area contributed by atoms with Gasteiger partial charge in [0.2, 0.25) is 5.91 Å². The number of carbonyl (C=O) groups is 1. The normalized spacial score (nSPS) is 21.4. The zero-order chi connectivity index (χ0) is 10.9. The molecule has 0 radical (unpaired) electrons. The highest BCUT2D eigenvalue weighted by atomic mass is 16.1. The minimum Gasteiger partial charge on any atom is -0.368 e. The molecule has 1 unspecified atom stereocenters. The Bertz CT molecular complexity index is 262. The van der Waals surface area contributed by atoms with Crippen molar-refractivity contribution in [1.29, 1.82) is 5.41 Å². The van der Waals surface area contributed by atoms with Crippen molar-refractivity contribution in [3.63, 3.8) is 0 Å². The topological polar surface area (TPSA) is 70.2 Å². The largest absolute Gasteiger partial charge is 0.368 e. The van der Waals surface area contributed by atoms with E-state index in [1.165, 1.54) is 0 Å². The van der Waals surface area contributed by atoms with Crippen molar-refractivity contribution in [2.24, 2.45) is 11.7 Å². The van der Waals surface area contributed by atoms with Crippen LogP contribution in [0.25, 0.3) is 0 Å². The van der Waals surface area contributed by atoms with Gasteiger partial charge in [0.15, 0.2) is 0 Å². The van der Waals surface area contributed by atoms with Gasteiger partial charge in [-0.2, -0.15) is 0 Å². The number of nitrogens with two attached hydrogens (primary N) is 1. The van der Waals surface area contributed by atoms with Gasteiger partial charge in [0.05, 0.1) is 5.84 Å². The molecule has 80 valence electrons. The summed E-state index contributed by atoms with van der Waals surface area (Å²) < 4.78 is 0. The second kappa shape index (κ2) is 3.59. The number of amidine groups is 1. The fourth-order valence-electron chi connectivity index (χ4n) is 1.92. The van der Waals surface area contributed by atoms with Crippen LogP contribution in [0.15, 0.2) is 0 Å². The van der Waals surface area contributed by atoms with Gasteiger partial charge in [-0.1, -0.05) is 13.8 Å². The van der Waals surface area contributed by atoms with Crippen molar-refractivity contribution in [3.8, 4) is 0 Å². The second-order valence-corrected chi connectivity index (χ2v) is 4.37. The smallest absolute Gasteiger partial charge is 0.243 e. The summed E-state index contributed by atoms with van der Waals surface area (Å²) in [6.07, 6.45) is 1.71. The van der Waals surface area contributed by atoms with Crippen LogP contribution >= 0.6 is 0 Å². The predicted octanol–water partition coefficient (Wildman–Crippen LogP) is 0.959. The quantitative estimate of drug-likeness (QED) is 0.707. The first-order valence-electron chi connectivity index (χ1n) is 5.05. The van der Waals surface area contributed by atoms with Gasteiger partial charge in [0, 0.05) is 13.0 Å². The molecule has 4 heteroatoms. The Morgan fingerprint density at radius 1 is 1.64 bits per heavy atom. The molecular formula is C10H19N3O. The minimum atomic E-state index is -0.701. The van der Waals surface area contributed by atoms with Crippen molar-refractivity contribution < 1.29 is 4.79 Å². The van der Waals surface area contributed by atoms with E-state index in [2.05, 4.69) is 0 Å². The Morgan fingerprint density at radius 3 is 2.50 bits per heavy atom. The van der Waals surface area contributed by atoms with E-state index in [1.807, 2.05) is 25.7 Å². The molecule has 0 aromatic heterocycles. The number of carbonyl (C=O) groups excluding carboxylic acids is 1. The molecule has 1 aliphatic rings. The maximum absolute atomic E-state index is 11.5. The van der Waals surface area contributed by atoms with Crippen molar-refractivity contribution in [2.75, 3.05) is 6.54 Å². The standard InChI is InChI=1S/C10H19N3O/c1-7(2)10(3,9(12)14)13-6-4-5-8(13)11/h7,11H,4-6H2,1-3H3,(H2,12,14). The molecule has 1 saturated heterocycles. The Kier molecular flexibility index (Phi) is 2.83. The summed E-state index contributed by atoms with van der Waals surface area (Å²) in [7, 11) is 0. The number of amides is 1. The highest BCUT2D eigenvalue weighted by Crippen LogP contribution is 2.29. The summed E-state index contributed by atoms with van der Waals surface area (Å²) >= 11 is 0. The third-order valence-corrected chi connectivity index (χ3v) is 3.30. The molecule has 1 rings (SSSR count). The average molecular weight is 197 g/mol. The monoisotopic (exact) mass is 197 g/mol. The molecule has 3 N–H and O–H groups in total. The summed E-state index contributed by atoms with van der Waals surface area (Å²) in [5, 5.41) is 7.77. The van der Waals surface area contributed by atoms with Gasteiger partial charge in [0.1, 0.15) is 5.54 Å². The third-order valence-electron chi connectivity index (χ3n) is 3.30. The van der Waals surface area contributed by atoms with Gasteiger partial charge >= 0.3 is 0 Å². The van der Waals surface area contributed by atoms with Gasteiger partial charge in [-0.05, 0) is 19.3 Å². The summed E-state index contributed by atoms with van der Waals surface area (Å²) in [6.45, 7) is 6.54. The number of hydrogen-bond donors (Lipinski definition) is 2. The lowest BCUT2D eigenvalue weighted by atomic mass is 9.86. The van der Waals surface area contributed by atoms with Gasteiger partial charge in [-0.15, -0.1) is 0 Å². The molecule has 0 aromatic rings. The molecule has 14 heavy (non-hydrogen) atoms. The third kappa shape index (κ3) is 1.49. The van der Waals surface area contributed by atoms with Crippen LogP contribution in [0.4, 0.5) is 0 Å². The SMILES string of the molecule is CC(C)C(C)(C(N)=O)N1CCCC1=N. The molecule has 0 bridgehead atoms. The molecule has 0 saturated carbocycles. The van der Waals surface area contributed by atoms with Crippen LogP contribution in [0.2, 0.25) is 0 Å². The molecule has 0 spiro atoms. The minimum absolute atomic E-state index is 0.124. The van der Waals surface area contributed by atoms with Gasteiger partial charge in [-0.25, -0.2) is 0 Å². The van der Waals surface area contributed by atoms with Crippen LogP contribution in [0.5, 0.6) is 0 Å². The highest BCUT2D eigenvalue weighted by Gasteiger charge is 2.43. The van der Waals surface area contributed by atoms with E-state index in [4.69, 9.17) is 11.1 Å². The number of nitrogens with zero attached hydrogens (tertiary/aromatic N) is 1. The Morgan fingerprint density at radius 2 is 2.21 bits per heavy atom. The van der Waals surface area contributed by atoms with E-state index >= 15 is 0 Å². The van der Waals surface area contributed by atoms with Crippen molar-refractivity contribution in [2.45, 2.75) is 39.2 Å². The molecule has 0 aliphatic carbocycles. The van der Waals surface area contributed by atoms with Crippen LogP contribution in [0, 0.1) is 11.3 Å². The molecule has 1 fully saturated rings. The van der Waals surface area contributed by atoms with Crippen molar-refractivity contribution in [3.05, 3.63) is 0 Å². The Balaban J connectivity index is 2.98. The van der Waals surface area contributed by atoms with Crippen LogP contribution in [0.3, 0.4) is 0 Å². The summed E-state index contributed by atoms with van der Waals surface area (Å²) in [5.74, 6) is 0.331. The van der Waals surface area contributed by atoms with Crippen molar-refractivity contribution in [1.82, 2.24) is 4.90 Å². The fraction of sp³-hybridized carbons (Fsp3) is 0.800. The lowest BCUT2D eigenvalue weighted by Crippen LogP contribution is -2.59. The Labute approximate surface area is 85.0 Å². The summed E-state index contributed by atoms with van der Waals surface area (Å²) in [6, 6.07) is 0. The van der Waals surface area contributed by atoms with Gasteiger partial charge in [-0.3, -0.25) is 10.2 Å². The molecule has 1 amide bonds. The van der Waals surface area contributed by atoms with Gasteiger partial charge < -0.3 is 10.6 Å². The van der Waals surface area contributed by atoms with E-state index < -0.39 is 5.54 Å². The molecule has 4 nitrogen and oxygen atoms in total. The fourth-order valence-corrected chi connectivity index (χ4v) is 1.92. The zero-order valence-electron chi connectivity index (χ0n) is 9.13. The molecule has 0 aromatic carbocycles. The number of hydrogen-bond acceptors (Lipinski definition) is 2. The maximum Gasteiger partial charge on any atom is 0.243 e. The first kappa shape index (κ1) is 11.0. The number of primary amides is 1. The first-order chi connectivity index (χ1) is 6.40. The van der Waals surface area contributed by atoms with E-state index in [0.717, 1.165) is 19.4 Å². The number of nitrogens with one attached hydrogen (secondary N) is 1. The van der Waals surface area contributed by atoms with E-state index in [-0.39, 0.29) is 11.8 Å². The molecule has 1 atom stereocenters. The highest BCUT2D eigenvalue weighted by molar-refractivity contribution is 5.92. The summed E-state index contributed by atoms with van der Waals surface area (Å²) in [4.78, 5) is 13.3. The van der Waals surface area contributed by atoms with E-state index in [0.29, 0.717) is 5.84 Å². The number of rotatable bonds is 3. The average Bonchev–Trinajstić information content (AvgIpc) is 2.49. The van der Waals surface area contributed by atoms with Crippen LogP contribution in [-0.4, -0.2) is 28.7 Å². The molecule has 1 aliphatic heterocycles. The second-order valence-electron chi connectivity index (χ2n) is 4.37. The first-order valence-corrected chi connectivity index (χ1v) is 5.05. The molecular weight excluding hydrogens is 178 g/mol. The maximum atomic E-state index is 11.5. The molecule has 1 heterocycles. The van der Waals surface area contributed by atoms with Crippen LogP contribution < -0.4 is 5.73 Å². The zero-order valence-corrected chi connectivity index (χ0v) is 9.13. The van der Waals surface area contributed by atoms with Crippen LogP contribution in [-0.2, 0) is 4.79 Å². The predicted molar refractivity (Wildman–Crippen MR) is 56.1 cm³/mol. The van der Waals surface area contributed by atoms with E-state index in [1.54, 1.807) is 0 Å². The summed E-state index contributed by atoms with van der Waals surface area (Å²) in [5.41, 5.74) is 4.74. The van der Waals surface area contributed by atoms with Crippen LogP contribution in [0.1, 0.15) is 33.6 Å². The Hall–Kier alpha value is -1.06. The lowest BCUT2D eigenvalue weighted by Gasteiger charge is -2.40. The van der Waals surface area contributed by atoms with Crippen molar-refractivity contribution >= 4 is 11.7 Å². The van der Waals surface area contributed by atoms with Gasteiger partial charge in [0.25, 0.3) is 0 Å². The number of likely N-dealkylation sites (tertiary alicyclic amines) is 1. The van der Waals surface area contributed by atoms with E-state index in [9.17, 15) is 4.79 Å².